The Bertz CT molecular complexity index is 5580. The number of hydrogen-bond donors (Lipinski definition) is 5. The topological polar surface area (TPSA) is 311 Å². The summed E-state index contributed by atoms with van der Waals surface area (Å²) in [5.74, 6) is -0.741. The minimum absolute atomic E-state index is 0.0147. The molecule has 1 aromatic carbocycles. The summed E-state index contributed by atoms with van der Waals surface area (Å²) in [6.45, 7) is 17.8. The lowest BCUT2D eigenvalue weighted by molar-refractivity contribution is -0.0441. The van der Waals surface area contributed by atoms with E-state index in [2.05, 4.69) is 89.8 Å². The number of aromatic nitrogens is 18. The highest BCUT2D eigenvalue weighted by Gasteiger charge is 2.40. The molecule has 33 heteroatoms. The minimum atomic E-state index is -2.56. The van der Waals surface area contributed by atoms with Crippen LogP contribution in [-0.4, -0.2) is 143 Å². The zero-order valence-corrected chi connectivity index (χ0v) is 72.5. The van der Waals surface area contributed by atoms with Crippen LogP contribution >= 0.6 is 0 Å². The summed E-state index contributed by atoms with van der Waals surface area (Å²) < 4.78 is 131. The number of rotatable bonds is 19. The fourth-order valence-electron chi connectivity index (χ4n) is 19.0. The Kier molecular flexibility index (Phi) is 28.3. The predicted molar refractivity (Wildman–Crippen MR) is 461 cm³/mol. The van der Waals surface area contributed by atoms with Crippen molar-refractivity contribution < 1.29 is 44.6 Å². The molecule has 5 aliphatic carbocycles. The highest BCUT2D eigenvalue weighted by molar-refractivity contribution is 5.77. The van der Waals surface area contributed by atoms with Crippen LogP contribution in [0.25, 0.3) is 55.2 Å². The number of H-pyrrole nitrogens is 5. The van der Waals surface area contributed by atoms with Crippen LogP contribution in [-0.2, 0) is 35.2 Å². The van der Waals surface area contributed by atoms with E-state index in [1.165, 1.54) is 6.20 Å². The standard InChI is InChI=1S/C21H29F2N3O2.C19H20F2N4O.C18H27FN4O.C17H21F2N3O2.C16H23FN4O/c1-2-4-17-14(5-3-12-28-17)13-18-24-19-16(20(27)25-18)8-11-26(19)15-6-9-21(22,23)10-7-15;1-19(21)9-7-13(8-10-19)25-17-14(11-22-25)18(26)24-16(23-17)15(20)12-5-3-2-4-6-12;1-4-12(5-2)10-15-21-16-14(17(24)22-15)11-20-23(16)13-6-8-18(3,19)9-7-13;18-17(19)5-1-12(2-6-17)22-7-3-13-15(22)20-14(21-16(13)23)9-11-4-8-24-10-11;1-10(2)8-13-19-14-12(15(22)20-13)9-18-21(14)11-4-6-16(3,17)7-5-11/h8,11,14-15,17H,2-7,9-10,12-13H2,1H3,(H,24,25,27);2-6,11,13,15H,7-10H2,1H3,(H,23,24,26);11-13H,4-10H2,1-3H3,(H,21,22,24);3,7,11-12H,1-2,4-6,8-10H2,(H,20,21,23);9-11H,4-8H2,1-3H3,(H,19,20,22). The van der Waals surface area contributed by atoms with Gasteiger partial charge in [-0.3, -0.25) is 24.0 Å². The first-order valence-electron chi connectivity index (χ1n) is 45.0. The molecule has 25 nitrogen and oxygen atoms in total. The van der Waals surface area contributed by atoms with Crippen LogP contribution in [0.5, 0.6) is 0 Å². The van der Waals surface area contributed by atoms with Gasteiger partial charge in [-0.25, -0.2) is 74.1 Å². The number of fused-ring (bicyclic) bond motifs is 5. The molecule has 0 radical (unpaired) electrons. The fraction of sp³-hybridized carbons (Fsp3) is 0.637. The van der Waals surface area contributed by atoms with Crippen molar-refractivity contribution in [3.05, 3.63) is 160 Å². The molecular formula is C91H120F8N18O7. The van der Waals surface area contributed by atoms with Crippen LogP contribution in [0.2, 0.25) is 0 Å². The molecule has 7 aliphatic rings. The monoisotopic (exact) mass is 1730 g/mol. The second-order valence-electron chi connectivity index (χ2n) is 37.0. The Morgan fingerprint density at radius 3 is 1.28 bits per heavy atom. The number of nitrogens with zero attached hydrogens (tertiary/aromatic N) is 13. The van der Waals surface area contributed by atoms with Gasteiger partial charge < -0.3 is 43.5 Å². The predicted octanol–water partition coefficient (Wildman–Crippen LogP) is 18.8. The maximum atomic E-state index is 14.8. The van der Waals surface area contributed by atoms with Crippen LogP contribution in [0.1, 0.15) is 300 Å². The van der Waals surface area contributed by atoms with Gasteiger partial charge in [0.05, 0.1) is 53.6 Å². The summed E-state index contributed by atoms with van der Waals surface area (Å²) in [5, 5.41) is 15.5. The Labute approximate surface area is 713 Å². The maximum Gasteiger partial charge on any atom is 0.262 e. The molecule has 0 spiro atoms. The van der Waals surface area contributed by atoms with Crippen LogP contribution in [0.4, 0.5) is 35.1 Å². The Hall–Kier alpha value is -9.53. The zero-order chi connectivity index (χ0) is 88.0. The van der Waals surface area contributed by atoms with E-state index in [1.54, 1.807) is 80.3 Å². The summed E-state index contributed by atoms with van der Waals surface area (Å²) in [4.78, 5) is 98.9. The molecule has 11 aromatic rings. The third kappa shape index (κ3) is 21.9. The Morgan fingerprint density at radius 2 is 0.855 bits per heavy atom. The van der Waals surface area contributed by atoms with E-state index in [-0.39, 0.29) is 90.1 Å². The van der Waals surface area contributed by atoms with Crippen molar-refractivity contribution in [1.82, 2.24) is 88.3 Å². The van der Waals surface area contributed by atoms with Crippen LogP contribution in [0.3, 0.4) is 0 Å². The van der Waals surface area contributed by atoms with E-state index in [0.717, 1.165) is 103 Å². The third-order valence-electron chi connectivity index (χ3n) is 26.6. The number of halogens is 8. The van der Waals surface area contributed by atoms with Gasteiger partial charge >= 0.3 is 0 Å². The van der Waals surface area contributed by atoms with E-state index in [0.29, 0.717) is 198 Å². The third-order valence-corrected chi connectivity index (χ3v) is 26.6. The normalized spacial score (nSPS) is 25.2. The van der Waals surface area contributed by atoms with Gasteiger partial charge in [0.1, 0.15) is 67.8 Å². The lowest BCUT2D eigenvalue weighted by atomic mass is 9.85. The van der Waals surface area contributed by atoms with Gasteiger partial charge in [0.2, 0.25) is 11.8 Å². The summed E-state index contributed by atoms with van der Waals surface area (Å²) in [7, 11) is 0. The van der Waals surface area contributed by atoms with Gasteiger partial charge in [-0.2, -0.15) is 15.3 Å². The molecule has 124 heavy (non-hydrogen) atoms. The van der Waals surface area contributed by atoms with Gasteiger partial charge in [0.25, 0.3) is 27.8 Å². The number of alkyl halides is 8. The highest BCUT2D eigenvalue weighted by Crippen LogP contribution is 2.44. The molecule has 10 aromatic heterocycles. The van der Waals surface area contributed by atoms with Crippen molar-refractivity contribution in [2.24, 2.45) is 23.7 Å². The first-order chi connectivity index (χ1) is 59.2. The second-order valence-corrected chi connectivity index (χ2v) is 37.0. The molecule has 12 heterocycles. The van der Waals surface area contributed by atoms with Gasteiger partial charge in [-0.15, -0.1) is 0 Å². The van der Waals surface area contributed by atoms with E-state index >= 15 is 0 Å². The van der Waals surface area contributed by atoms with Crippen molar-refractivity contribution in [1.29, 1.82) is 0 Å². The van der Waals surface area contributed by atoms with Crippen LogP contribution in [0.15, 0.2) is 97.4 Å². The summed E-state index contributed by atoms with van der Waals surface area (Å²) in [6, 6.07) is 12.2. The van der Waals surface area contributed by atoms with Crippen molar-refractivity contribution in [2.45, 2.75) is 326 Å². The molecule has 2 saturated heterocycles. The number of ether oxygens (including phenoxy) is 2. The van der Waals surface area contributed by atoms with E-state index in [1.807, 2.05) is 30.9 Å². The van der Waals surface area contributed by atoms with Gasteiger partial charge in [-0.1, -0.05) is 84.2 Å². The van der Waals surface area contributed by atoms with Crippen molar-refractivity contribution in [2.75, 3.05) is 19.8 Å². The van der Waals surface area contributed by atoms with Crippen molar-refractivity contribution in [3.8, 4) is 0 Å². The average molecular weight is 1730 g/mol. The first kappa shape index (κ1) is 90.7. The van der Waals surface area contributed by atoms with Gasteiger partial charge in [0, 0.05) is 95.7 Å². The lowest BCUT2D eigenvalue weighted by Gasteiger charge is -2.31. The lowest BCUT2D eigenvalue weighted by Crippen LogP contribution is -2.32. The Balaban J connectivity index is 0.000000126. The Morgan fingerprint density at radius 1 is 0.452 bits per heavy atom. The molecule has 5 saturated carbocycles. The number of nitrogens with one attached hydrogen (secondary N) is 5. The molecular weight excluding hydrogens is 1610 g/mol. The van der Waals surface area contributed by atoms with Crippen molar-refractivity contribution in [3.63, 3.8) is 0 Å². The molecule has 4 atom stereocenters. The molecule has 2 aliphatic heterocycles. The number of benzene rings is 1. The SMILES string of the molecule is CC(C)Cc1nc2c(cnn2C2CCC(C)(F)CC2)c(=O)[nH]1.CC1(F)CCC(n2ncc3c(=O)[nH]c(C(F)c4ccccc4)nc32)CC1.CCC(CC)Cc1nc2c(cnn2C2CCC(C)(F)CC2)c(=O)[nH]1.CCCC1OCCCC1Cc1nc2c(ccn2C2CCC(F)(F)CC2)c(=O)[nH]1.O=c1[nH]c(CC2CCOC2)nc2c1ccn2C1CCC(F)(F)CC1. The molecule has 4 unspecified atom stereocenters. The quantitative estimate of drug-likeness (QED) is 0.0470. The van der Waals surface area contributed by atoms with E-state index in [4.69, 9.17) is 19.4 Å². The van der Waals surface area contributed by atoms with Crippen LogP contribution in [0, 0.1) is 23.7 Å². The minimum Gasteiger partial charge on any atom is -0.381 e. The van der Waals surface area contributed by atoms with E-state index in [9.17, 15) is 59.1 Å². The number of aromatic amines is 5. The van der Waals surface area contributed by atoms with Gasteiger partial charge in [-0.05, 0) is 191 Å². The smallest absolute Gasteiger partial charge is 0.262 e. The molecule has 672 valence electrons. The van der Waals surface area contributed by atoms with Gasteiger partial charge in [0.15, 0.2) is 28.9 Å². The maximum absolute atomic E-state index is 14.8. The molecule has 0 amide bonds. The molecule has 5 N–H and O–H groups in total. The van der Waals surface area contributed by atoms with Crippen molar-refractivity contribution >= 4 is 55.2 Å². The zero-order valence-electron chi connectivity index (χ0n) is 72.5. The fourth-order valence-corrected chi connectivity index (χ4v) is 19.0. The van der Waals surface area contributed by atoms with E-state index < -0.39 is 40.6 Å². The summed E-state index contributed by atoms with van der Waals surface area (Å²) in [6.07, 6.45) is 25.5. The summed E-state index contributed by atoms with van der Waals surface area (Å²) in [5.41, 5.74) is -1.01. The number of hydrogen-bond acceptors (Lipinski definition) is 15. The average Bonchev–Trinajstić information content (AvgIpc) is 1.95. The largest absolute Gasteiger partial charge is 0.381 e. The van der Waals surface area contributed by atoms with Crippen LogP contribution < -0.4 is 27.8 Å². The highest BCUT2D eigenvalue weighted by atomic mass is 19.3. The second kappa shape index (κ2) is 38.7. The molecule has 0 bridgehead atoms. The summed E-state index contributed by atoms with van der Waals surface area (Å²) >= 11 is 0. The molecule has 7 fully saturated rings. The first-order valence-corrected chi connectivity index (χ1v) is 45.0. The molecule has 18 rings (SSSR count).